The average molecular weight is 246 g/mol. The summed E-state index contributed by atoms with van der Waals surface area (Å²) in [5.41, 5.74) is 7.98. The van der Waals surface area contributed by atoms with Crippen LogP contribution < -0.4 is 5.73 Å². The van der Waals surface area contributed by atoms with E-state index < -0.39 is 0 Å². The van der Waals surface area contributed by atoms with E-state index in [9.17, 15) is 0 Å². The Balaban J connectivity index is 2.02. The summed E-state index contributed by atoms with van der Waals surface area (Å²) in [6, 6.07) is 8.31. The first-order chi connectivity index (χ1) is 8.29. The summed E-state index contributed by atoms with van der Waals surface area (Å²) in [5, 5.41) is 8.12. The summed E-state index contributed by atoms with van der Waals surface area (Å²) >= 11 is 1.73. The minimum absolute atomic E-state index is 0.547. The van der Waals surface area contributed by atoms with Crippen LogP contribution in [0.4, 0.5) is 5.82 Å². The molecule has 0 amide bonds. The fourth-order valence-electron chi connectivity index (χ4n) is 1.95. The van der Waals surface area contributed by atoms with Crippen LogP contribution in [0, 0.1) is 0 Å². The number of rotatable bonds is 3. The molecule has 2 N–H and O–H groups in total. The summed E-state index contributed by atoms with van der Waals surface area (Å²) in [5.74, 6) is 1.12. The summed E-state index contributed by atoms with van der Waals surface area (Å²) in [4.78, 5) is 1.25. The van der Waals surface area contributed by atoms with E-state index in [1.807, 2.05) is 4.68 Å². The zero-order chi connectivity index (χ0) is 11.8. The molecule has 1 aliphatic carbocycles. The highest BCUT2D eigenvalue weighted by Crippen LogP contribution is 2.42. The van der Waals surface area contributed by atoms with E-state index in [-0.39, 0.29) is 0 Å². The van der Waals surface area contributed by atoms with E-state index in [1.54, 1.807) is 11.8 Å². The molecular formula is C12H14N4S. The van der Waals surface area contributed by atoms with Gasteiger partial charge in [-0.15, -0.1) is 16.9 Å². The zero-order valence-corrected chi connectivity index (χ0v) is 10.4. The van der Waals surface area contributed by atoms with Crippen LogP contribution in [0.3, 0.4) is 0 Å². The Labute approximate surface area is 104 Å². The minimum atomic E-state index is 0.547. The highest BCUT2D eigenvalue weighted by molar-refractivity contribution is 7.98. The molecule has 3 rings (SSSR count). The molecule has 1 aliphatic rings. The van der Waals surface area contributed by atoms with Gasteiger partial charge in [-0.25, -0.2) is 4.68 Å². The van der Waals surface area contributed by atoms with E-state index in [0.717, 1.165) is 11.4 Å². The maximum atomic E-state index is 5.88. The quantitative estimate of drug-likeness (QED) is 0.845. The number of benzene rings is 1. The van der Waals surface area contributed by atoms with Crippen molar-refractivity contribution in [3.8, 4) is 5.69 Å². The number of thioether (sulfide) groups is 1. The van der Waals surface area contributed by atoms with Crippen molar-refractivity contribution in [2.24, 2.45) is 0 Å². The van der Waals surface area contributed by atoms with Crippen LogP contribution in [0.25, 0.3) is 5.69 Å². The maximum Gasteiger partial charge on any atom is 0.169 e. The van der Waals surface area contributed by atoms with Gasteiger partial charge in [-0.2, -0.15) is 0 Å². The molecule has 0 bridgehead atoms. The Morgan fingerprint density at radius 2 is 2.00 bits per heavy atom. The number of hydrogen-bond donors (Lipinski definition) is 1. The minimum Gasteiger partial charge on any atom is -0.381 e. The van der Waals surface area contributed by atoms with Gasteiger partial charge in [-0.3, -0.25) is 0 Å². The van der Waals surface area contributed by atoms with Crippen LogP contribution in [0.2, 0.25) is 0 Å². The molecule has 0 saturated heterocycles. The zero-order valence-electron chi connectivity index (χ0n) is 9.63. The largest absolute Gasteiger partial charge is 0.381 e. The van der Waals surface area contributed by atoms with Crippen LogP contribution in [-0.4, -0.2) is 21.2 Å². The fourth-order valence-corrected chi connectivity index (χ4v) is 2.36. The van der Waals surface area contributed by atoms with Gasteiger partial charge in [-0.05, 0) is 43.4 Å². The Kier molecular flexibility index (Phi) is 2.55. The van der Waals surface area contributed by atoms with Gasteiger partial charge in [0.05, 0.1) is 11.4 Å². The number of hydrogen-bond acceptors (Lipinski definition) is 4. The first kappa shape index (κ1) is 10.7. The lowest BCUT2D eigenvalue weighted by molar-refractivity contribution is 0.763. The molecule has 0 unspecified atom stereocenters. The van der Waals surface area contributed by atoms with Crippen LogP contribution in [0.15, 0.2) is 29.2 Å². The number of aromatic nitrogens is 3. The standard InChI is InChI=1S/C12H14N4S/c1-17-10-6-4-9(5-7-10)16-11(8-2-3-8)12(13)14-15-16/h4-8H,2-3,13H2,1H3. The molecule has 1 fully saturated rings. The molecule has 0 atom stereocenters. The predicted molar refractivity (Wildman–Crippen MR) is 69.5 cm³/mol. The second-order valence-corrected chi connectivity index (χ2v) is 5.12. The highest BCUT2D eigenvalue weighted by atomic mass is 32.2. The number of nitrogen functional groups attached to an aromatic ring is 1. The monoisotopic (exact) mass is 246 g/mol. The van der Waals surface area contributed by atoms with E-state index in [4.69, 9.17) is 5.73 Å². The third-order valence-corrected chi connectivity index (χ3v) is 3.76. The van der Waals surface area contributed by atoms with Crippen molar-refractivity contribution in [3.63, 3.8) is 0 Å². The van der Waals surface area contributed by atoms with E-state index in [1.165, 1.54) is 17.7 Å². The third kappa shape index (κ3) is 1.91. The molecule has 1 aromatic heterocycles. The highest BCUT2D eigenvalue weighted by Gasteiger charge is 2.30. The maximum absolute atomic E-state index is 5.88. The first-order valence-electron chi connectivity index (χ1n) is 5.65. The van der Waals surface area contributed by atoms with Gasteiger partial charge >= 0.3 is 0 Å². The lowest BCUT2D eigenvalue weighted by Crippen LogP contribution is -2.02. The summed E-state index contributed by atoms with van der Waals surface area (Å²) in [6.07, 6.45) is 4.46. The molecule has 0 radical (unpaired) electrons. The molecule has 0 spiro atoms. The number of anilines is 1. The van der Waals surface area contributed by atoms with Gasteiger partial charge in [0.15, 0.2) is 5.82 Å². The smallest absolute Gasteiger partial charge is 0.169 e. The van der Waals surface area contributed by atoms with Gasteiger partial charge in [0.1, 0.15) is 0 Å². The normalized spacial score (nSPS) is 15.1. The molecule has 88 valence electrons. The van der Waals surface area contributed by atoms with Crippen molar-refractivity contribution in [2.75, 3.05) is 12.0 Å². The van der Waals surface area contributed by atoms with Crippen LogP contribution >= 0.6 is 11.8 Å². The summed E-state index contributed by atoms with van der Waals surface area (Å²) in [6.45, 7) is 0. The molecule has 0 aliphatic heterocycles. The molecule has 5 heteroatoms. The Hall–Kier alpha value is -1.49. The topological polar surface area (TPSA) is 56.7 Å². The molecule has 4 nitrogen and oxygen atoms in total. The van der Waals surface area contributed by atoms with Crippen LogP contribution in [0.5, 0.6) is 0 Å². The van der Waals surface area contributed by atoms with Crippen molar-refractivity contribution in [2.45, 2.75) is 23.7 Å². The van der Waals surface area contributed by atoms with E-state index >= 15 is 0 Å². The van der Waals surface area contributed by atoms with E-state index in [0.29, 0.717) is 11.7 Å². The van der Waals surface area contributed by atoms with Gasteiger partial charge < -0.3 is 5.73 Å². The van der Waals surface area contributed by atoms with Crippen LogP contribution in [0.1, 0.15) is 24.5 Å². The SMILES string of the molecule is CSc1ccc(-n2nnc(N)c2C2CC2)cc1. The van der Waals surface area contributed by atoms with Crippen molar-refractivity contribution in [1.82, 2.24) is 15.0 Å². The average Bonchev–Trinajstić information content (AvgIpc) is 3.13. The van der Waals surface area contributed by atoms with Crippen LogP contribution in [-0.2, 0) is 0 Å². The van der Waals surface area contributed by atoms with Gasteiger partial charge in [-0.1, -0.05) is 5.21 Å². The lowest BCUT2D eigenvalue weighted by Gasteiger charge is -2.06. The second-order valence-electron chi connectivity index (χ2n) is 4.24. The lowest BCUT2D eigenvalue weighted by atomic mass is 10.2. The van der Waals surface area contributed by atoms with Gasteiger partial charge in [0.2, 0.25) is 0 Å². The molecule has 1 saturated carbocycles. The van der Waals surface area contributed by atoms with Crippen molar-refractivity contribution >= 4 is 17.6 Å². The van der Waals surface area contributed by atoms with Gasteiger partial charge in [0.25, 0.3) is 0 Å². The number of nitrogens with zero attached hydrogens (tertiary/aromatic N) is 3. The Morgan fingerprint density at radius 3 is 2.59 bits per heavy atom. The summed E-state index contributed by atoms with van der Waals surface area (Å²) < 4.78 is 1.87. The summed E-state index contributed by atoms with van der Waals surface area (Å²) in [7, 11) is 0. The second kappa shape index (κ2) is 4.07. The predicted octanol–water partition coefficient (Wildman–Crippen LogP) is 2.45. The molecule has 1 heterocycles. The van der Waals surface area contributed by atoms with Crippen molar-refractivity contribution in [3.05, 3.63) is 30.0 Å². The molecule has 17 heavy (non-hydrogen) atoms. The molecular weight excluding hydrogens is 232 g/mol. The van der Waals surface area contributed by atoms with Gasteiger partial charge in [0, 0.05) is 10.8 Å². The van der Waals surface area contributed by atoms with Crippen molar-refractivity contribution < 1.29 is 0 Å². The van der Waals surface area contributed by atoms with E-state index in [2.05, 4.69) is 40.8 Å². The third-order valence-electron chi connectivity index (χ3n) is 3.01. The van der Waals surface area contributed by atoms with Crippen molar-refractivity contribution in [1.29, 1.82) is 0 Å². The molecule has 1 aromatic carbocycles. The fraction of sp³-hybridized carbons (Fsp3) is 0.333. The Morgan fingerprint density at radius 1 is 1.29 bits per heavy atom. The first-order valence-corrected chi connectivity index (χ1v) is 6.87. The number of nitrogens with two attached hydrogens (primary N) is 1. The Bertz CT molecular complexity index is 528. The molecule has 2 aromatic rings.